The van der Waals surface area contributed by atoms with Crippen molar-refractivity contribution in [1.29, 1.82) is 5.26 Å². The number of halogens is 1. The number of piperidine rings is 1. The number of hydrogen-bond acceptors (Lipinski definition) is 5. The minimum Gasteiger partial charge on any atom is -0.348 e. The normalized spacial score (nSPS) is 25.4. The van der Waals surface area contributed by atoms with Crippen LogP contribution in [0.5, 0.6) is 0 Å². The van der Waals surface area contributed by atoms with Gasteiger partial charge in [0.1, 0.15) is 11.9 Å². The number of likely N-dealkylation sites (tertiary alicyclic amines) is 1. The molecular formula is C23H30FN5O4S. The van der Waals surface area contributed by atoms with E-state index in [0.717, 1.165) is 5.56 Å². The van der Waals surface area contributed by atoms with Gasteiger partial charge < -0.3 is 10.2 Å². The lowest BCUT2D eigenvalue weighted by Crippen LogP contribution is -2.57. The summed E-state index contributed by atoms with van der Waals surface area (Å²) in [5, 5.41) is 11.9. The van der Waals surface area contributed by atoms with Gasteiger partial charge in [0.2, 0.25) is 11.8 Å². The van der Waals surface area contributed by atoms with Crippen molar-refractivity contribution in [3.05, 3.63) is 35.6 Å². The highest BCUT2D eigenvalue weighted by Gasteiger charge is 2.44. The Morgan fingerprint density at radius 3 is 2.44 bits per heavy atom. The van der Waals surface area contributed by atoms with Gasteiger partial charge >= 0.3 is 0 Å². The fraction of sp³-hybridized carbons (Fsp3) is 0.609. The molecule has 0 radical (unpaired) electrons. The Kier molecular flexibility index (Phi) is 7.21. The van der Waals surface area contributed by atoms with Crippen molar-refractivity contribution >= 4 is 22.0 Å². The Balaban J connectivity index is 1.38. The predicted molar refractivity (Wildman–Crippen MR) is 122 cm³/mol. The first-order valence-electron chi connectivity index (χ1n) is 11.7. The van der Waals surface area contributed by atoms with Crippen LogP contribution < -0.4 is 5.32 Å². The second kappa shape index (κ2) is 9.98. The van der Waals surface area contributed by atoms with Crippen LogP contribution in [0.2, 0.25) is 0 Å². The SMILES string of the molecule is C[C@H](NC(=O)[C@H]1CCCN1C(=O)[C@H]1CCCN(S(=O)(=O)N2CC(C#N)C2)C1)c1ccc(F)cc1. The fourth-order valence-corrected chi connectivity index (χ4v) is 6.70. The molecule has 0 aliphatic carbocycles. The van der Waals surface area contributed by atoms with E-state index < -0.39 is 22.2 Å². The summed E-state index contributed by atoms with van der Waals surface area (Å²) in [6.07, 6.45) is 2.39. The van der Waals surface area contributed by atoms with E-state index >= 15 is 0 Å². The molecule has 0 spiro atoms. The quantitative estimate of drug-likeness (QED) is 0.646. The largest absolute Gasteiger partial charge is 0.348 e. The Labute approximate surface area is 199 Å². The maximum absolute atomic E-state index is 13.4. The molecular weight excluding hydrogens is 461 g/mol. The maximum Gasteiger partial charge on any atom is 0.282 e. The lowest BCUT2D eigenvalue weighted by molar-refractivity contribution is -0.142. The molecule has 1 N–H and O–H groups in total. The van der Waals surface area contributed by atoms with Gasteiger partial charge in [0.15, 0.2) is 0 Å². The Bertz CT molecular complexity index is 1070. The van der Waals surface area contributed by atoms with Crippen molar-refractivity contribution in [3.63, 3.8) is 0 Å². The predicted octanol–water partition coefficient (Wildman–Crippen LogP) is 1.41. The lowest BCUT2D eigenvalue weighted by Gasteiger charge is -2.41. The minimum atomic E-state index is -3.70. The zero-order valence-electron chi connectivity index (χ0n) is 19.2. The van der Waals surface area contributed by atoms with E-state index in [1.165, 1.54) is 20.7 Å². The molecule has 1 aromatic carbocycles. The van der Waals surface area contributed by atoms with Gasteiger partial charge in [-0.15, -0.1) is 0 Å². The molecule has 3 aliphatic heterocycles. The smallest absolute Gasteiger partial charge is 0.282 e. The van der Waals surface area contributed by atoms with Gasteiger partial charge in [-0.05, 0) is 50.3 Å². The molecule has 0 unspecified atom stereocenters. The molecule has 1 aromatic rings. The van der Waals surface area contributed by atoms with Gasteiger partial charge in [-0.1, -0.05) is 12.1 Å². The summed E-state index contributed by atoms with van der Waals surface area (Å²) < 4.78 is 41.6. The van der Waals surface area contributed by atoms with Gasteiger partial charge in [-0.2, -0.15) is 22.3 Å². The monoisotopic (exact) mass is 491 g/mol. The summed E-state index contributed by atoms with van der Waals surface area (Å²) in [6, 6.07) is 7.05. The topological polar surface area (TPSA) is 114 Å². The van der Waals surface area contributed by atoms with E-state index in [1.807, 2.05) is 6.92 Å². The number of hydrogen-bond donors (Lipinski definition) is 1. The lowest BCUT2D eigenvalue weighted by atomic mass is 9.97. The minimum absolute atomic E-state index is 0.0890. The van der Waals surface area contributed by atoms with Crippen LogP contribution in [-0.2, 0) is 19.8 Å². The molecule has 11 heteroatoms. The highest BCUT2D eigenvalue weighted by molar-refractivity contribution is 7.86. The summed E-state index contributed by atoms with van der Waals surface area (Å²) >= 11 is 0. The average Bonchev–Trinajstić information content (AvgIpc) is 3.28. The van der Waals surface area contributed by atoms with Gasteiger partial charge in [-0.3, -0.25) is 9.59 Å². The van der Waals surface area contributed by atoms with Crippen molar-refractivity contribution in [2.45, 2.75) is 44.7 Å². The first-order chi connectivity index (χ1) is 16.2. The zero-order valence-corrected chi connectivity index (χ0v) is 20.0. The van der Waals surface area contributed by atoms with Crippen LogP contribution >= 0.6 is 0 Å². The third-order valence-corrected chi connectivity index (χ3v) is 8.92. The molecule has 184 valence electrons. The van der Waals surface area contributed by atoms with Crippen molar-refractivity contribution in [1.82, 2.24) is 18.8 Å². The van der Waals surface area contributed by atoms with Crippen LogP contribution in [0, 0.1) is 29.0 Å². The highest BCUT2D eigenvalue weighted by Crippen LogP contribution is 2.29. The summed E-state index contributed by atoms with van der Waals surface area (Å²) in [5.74, 6) is -1.58. The second-order valence-electron chi connectivity index (χ2n) is 9.32. The third-order valence-electron chi connectivity index (χ3n) is 6.98. The molecule has 0 bridgehead atoms. The van der Waals surface area contributed by atoms with Gasteiger partial charge in [0.25, 0.3) is 10.2 Å². The van der Waals surface area contributed by atoms with Gasteiger partial charge in [0, 0.05) is 32.7 Å². The third kappa shape index (κ3) is 4.94. The molecule has 4 rings (SSSR count). The van der Waals surface area contributed by atoms with Crippen LogP contribution in [0.3, 0.4) is 0 Å². The number of carbonyl (C=O) groups is 2. The van der Waals surface area contributed by atoms with Crippen LogP contribution in [0.1, 0.15) is 44.2 Å². The number of nitrogens with one attached hydrogen (secondary N) is 1. The van der Waals surface area contributed by atoms with Gasteiger partial charge in [0.05, 0.1) is 23.9 Å². The summed E-state index contributed by atoms with van der Waals surface area (Å²) in [6.45, 7) is 3.08. The number of carbonyl (C=O) groups excluding carboxylic acids is 2. The highest BCUT2D eigenvalue weighted by atomic mass is 32.2. The first-order valence-corrected chi connectivity index (χ1v) is 13.1. The van der Waals surface area contributed by atoms with E-state index in [1.54, 1.807) is 17.0 Å². The van der Waals surface area contributed by atoms with Crippen molar-refractivity contribution in [2.75, 3.05) is 32.7 Å². The van der Waals surface area contributed by atoms with E-state index in [9.17, 15) is 22.4 Å². The fourth-order valence-electron chi connectivity index (χ4n) is 4.91. The molecule has 9 nitrogen and oxygen atoms in total. The summed E-state index contributed by atoms with van der Waals surface area (Å²) in [4.78, 5) is 27.9. The van der Waals surface area contributed by atoms with Crippen LogP contribution in [-0.4, -0.2) is 72.5 Å². The van der Waals surface area contributed by atoms with Crippen LogP contribution in [0.25, 0.3) is 0 Å². The van der Waals surface area contributed by atoms with Crippen molar-refractivity contribution in [3.8, 4) is 6.07 Å². The number of rotatable bonds is 6. The number of benzene rings is 1. The Morgan fingerprint density at radius 1 is 1.09 bits per heavy atom. The van der Waals surface area contributed by atoms with Crippen LogP contribution in [0.15, 0.2) is 24.3 Å². The number of amides is 2. The molecule has 3 atom stereocenters. The first kappa shape index (κ1) is 24.6. The van der Waals surface area contributed by atoms with Gasteiger partial charge in [-0.25, -0.2) is 4.39 Å². The molecule has 34 heavy (non-hydrogen) atoms. The molecule has 0 saturated carbocycles. The molecule has 3 saturated heterocycles. The molecule has 3 fully saturated rings. The molecule has 2 amide bonds. The van der Waals surface area contributed by atoms with E-state index in [4.69, 9.17) is 5.26 Å². The summed E-state index contributed by atoms with van der Waals surface area (Å²) in [5.41, 5.74) is 0.767. The molecule has 3 aliphatic rings. The standard InChI is InChI=1S/C23H30FN5O4S/c1-16(18-6-8-20(24)9-7-18)26-22(30)21-5-3-11-29(21)23(31)19-4-2-10-27(15-19)34(32,33)28-13-17(12-25)14-28/h6-9,16-17,19,21H,2-5,10-11,13-15H2,1H3,(H,26,30)/t16-,19-,21+/m0/s1. The molecule has 3 heterocycles. The van der Waals surface area contributed by atoms with E-state index in [2.05, 4.69) is 11.4 Å². The number of nitrogens with zero attached hydrogens (tertiary/aromatic N) is 4. The Morgan fingerprint density at radius 2 is 1.76 bits per heavy atom. The van der Waals surface area contributed by atoms with E-state index in [-0.39, 0.29) is 49.2 Å². The zero-order chi connectivity index (χ0) is 24.5. The Hall–Kier alpha value is -2.55. The van der Waals surface area contributed by atoms with E-state index in [0.29, 0.717) is 38.8 Å². The average molecular weight is 492 g/mol. The number of nitriles is 1. The van der Waals surface area contributed by atoms with Crippen molar-refractivity contribution < 1.29 is 22.4 Å². The summed E-state index contributed by atoms with van der Waals surface area (Å²) in [7, 11) is -3.70. The van der Waals surface area contributed by atoms with Crippen LogP contribution in [0.4, 0.5) is 4.39 Å². The van der Waals surface area contributed by atoms with Crippen molar-refractivity contribution in [2.24, 2.45) is 11.8 Å². The maximum atomic E-state index is 13.4. The second-order valence-corrected chi connectivity index (χ2v) is 11.2. The molecule has 0 aromatic heterocycles.